The lowest BCUT2D eigenvalue weighted by atomic mass is 10.1. The Morgan fingerprint density at radius 2 is 1.82 bits per heavy atom. The molecular formula is C28H31N3O7S. The molecule has 10 nitrogen and oxygen atoms in total. The van der Waals surface area contributed by atoms with Crippen molar-refractivity contribution < 1.29 is 27.3 Å². The summed E-state index contributed by atoms with van der Waals surface area (Å²) in [5, 5.41) is 10.8. The Labute approximate surface area is 227 Å². The van der Waals surface area contributed by atoms with Crippen LogP contribution < -0.4 is 4.74 Å². The Hall–Kier alpha value is -3.80. The van der Waals surface area contributed by atoms with Crippen LogP contribution in [-0.2, 0) is 10.0 Å². The Morgan fingerprint density at radius 3 is 2.44 bits per heavy atom. The van der Waals surface area contributed by atoms with Crippen molar-refractivity contribution >= 4 is 27.6 Å². The van der Waals surface area contributed by atoms with Gasteiger partial charge in [-0.2, -0.15) is 4.31 Å². The number of non-ortho nitro benzene ring substituents is 1. The Balaban J connectivity index is 1.17. The number of nitro groups is 1. The van der Waals surface area contributed by atoms with Gasteiger partial charge in [0.05, 0.1) is 22.7 Å². The second-order valence-electron chi connectivity index (χ2n) is 9.28. The highest BCUT2D eigenvalue weighted by Gasteiger charge is 2.31. The number of carbonyl (C=O) groups excluding carboxylic acids is 1. The van der Waals surface area contributed by atoms with Gasteiger partial charge in [-0.1, -0.05) is 0 Å². The molecule has 0 spiro atoms. The predicted octanol–water partition coefficient (Wildman–Crippen LogP) is 4.64. The summed E-state index contributed by atoms with van der Waals surface area (Å²) in [4.78, 5) is 24.9. The molecule has 3 aromatic rings. The van der Waals surface area contributed by atoms with Gasteiger partial charge in [0, 0.05) is 37.3 Å². The predicted molar refractivity (Wildman–Crippen MR) is 146 cm³/mol. The number of furan rings is 1. The molecule has 1 aliphatic heterocycles. The highest BCUT2D eigenvalue weighted by Crippen LogP contribution is 2.24. The van der Waals surface area contributed by atoms with E-state index in [2.05, 4.69) is 4.90 Å². The number of nitrogens with zero attached hydrogens (tertiary/aromatic N) is 3. The standard InChI is InChI=1S/C28H31N3O7S/c1-29(39(35,36)27-12-7-24(8-13-27)31(33)34)23-15-18-30(19-16-23)17-3-21-38-26-9-5-22(6-10-26)28(32)14-11-25-4-2-20-37-25/h2,4-14,20,23H,3,15-19,21H2,1H3/b14-11+. The maximum absolute atomic E-state index is 13.0. The largest absolute Gasteiger partial charge is 0.494 e. The minimum Gasteiger partial charge on any atom is -0.494 e. The normalized spacial score (nSPS) is 15.1. The quantitative estimate of drug-likeness (QED) is 0.105. The number of likely N-dealkylation sites (tertiary alicyclic amines) is 1. The summed E-state index contributed by atoms with van der Waals surface area (Å²) in [7, 11) is -2.16. The van der Waals surface area contributed by atoms with Crippen LogP contribution in [0.4, 0.5) is 5.69 Å². The molecule has 1 aliphatic rings. The fourth-order valence-corrected chi connectivity index (χ4v) is 5.86. The fraction of sp³-hybridized carbons (Fsp3) is 0.321. The molecule has 11 heteroatoms. The Kier molecular flexibility index (Phi) is 9.28. The van der Waals surface area contributed by atoms with Crippen LogP contribution in [0.5, 0.6) is 5.75 Å². The van der Waals surface area contributed by atoms with E-state index in [1.54, 1.807) is 55.8 Å². The lowest BCUT2D eigenvalue weighted by molar-refractivity contribution is -0.384. The molecule has 0 unspecified atom stereocenters. The molecule has 0 atom stereocenters. The fourth-order valence-electron chi connectivity index (χ4n) is 4.44. The van der Waals surface area contributed by atoms with Gasteiger partial charge in [-0.05, 0) is 93.0 Å². The minimum atomic E-state index is -3.73. The number of rotatable bonds is 12. The molecule has 0 aliphatic carbocycles. The molecule has 0 bridgehead atoms. The summed E-state index contributed by atoms with van der Waals surface area (Å²) in [6.45, 7) is 2.90. The molecule has 1 aromatic heterocycles. The van der Waals surface area contributed by atoms with Gasteiger partial charge in [-0.25, -0.2) is 8.42 Å². The summed E-state index contributed by atoms with van der Waals surface area (Å²) in [5.41, 5.74) is 0.420. The van der Waals surface area contributed by atoms with Crippen LogP contribution in [-0.4, -0.2) is 67.7 Å². The lowest BCUT2D eigenvalue weighted by Crippen LogP contribution is -2.45. The summed E-state index contributed by atoms with van der Waals surface area (Å²) < 4.78 is 38.4. The van der Waals surface area contributed by atoms with E-state index >= 15 is 0 Å². The molecule has 2 aromatic carbocycles. The van der Waals surface area contributed by atoms with Crippen molar-refractivity contribution in [2.45, 2.75) is 30.2 Å². The van der Waals surface area contributed by atoms with Crippen molar-refractivity contribution in [1.82, 2.24) is 9.21 Å². The number of hydrogen-bond donors (Lipinski definition) is 0. The molecule has 0 radical (unpaired) electrons. The van der Waals surface area contributed by atoms with Gasteiger partial charge < -0.3 is 14.1 Å². The molecule has 0 N–H and O–H groups in total. The zero-order chi connectivity index (χ0) is 27.8. The number of carbonyl (C=O) groups is 1. The first-order chi connectivity index (χ1) is 18.7. The van der Waals surface area contributed by atoms with Crippen LogP contribution in [0.15, 0.2) is 82.3 Å². The number of ether oxygens (including phenoxy) is 1. The second kappa shape index (κ2) is 12.8. The maximum atomic E-state index is 13.0. The van der Waals surface area contributed by atoms with E-state index in [4.69, 9.17) is 9.15 Å². The first-order valence-electron chi connectivity index (χ1n) is 12.7. The number of nitro benzene ring substituents is 1. The summed E-state index contributed by atoms with van der Waals surface area (Å²) in [6.07, 6.45) is 6.87. The van der Waals surface area contributed by atoms with Crippen molar-refractivity contribution in [3.8, 4) is 5.75 Å². The highest BCUT2D eigenvalue weighted by atomic mass is 32.2. The monoisotopic (exact) mass is 553 g/mol. The van der Waals surface area contributed by atoms with E-state index < -0.39 is 14.9 Å². The van der Waals surface area contributed by atoms with Crippen LogP contribution in [0.2, 0.25) is 0 Å². The number of allylic oxidation sites excluding steroid dienone is 1. The summed E-state index contributed by atoms with van der Waals surface area (Å²) in [5.74, 6) is 1.19. The number of ketones is 1. The van der Waals surface area contributed by atoms with Crippen LogP contribution >= 0.6 is 0 Å². The highest BCUT2D eigenvalue weighted by molar-refractivity contribution is 7.89. The van der Waals surface area contributed by atoms with Crippen molar-refractivity contribution in [2.24, 2.45) is 0 Å². The van der Waals surface area contributed by atoms with Gasteiger partial charge in [0.1, 0.15) is 11.5 Å². The van der Waals surface area contributed by atoms with Gasteiger partial charge in [0.25, 0.3) is 5.69 Å². The van der Waals surface area contributed by atoms with Crippen LogP contribution in [0.1, 0.15) is 35.4 Å². The van der Waals surface area contributed by atoms with Gasteiger partial charge in [0.2, 0.25) is 10.0 Å². The number of benzene rings is 2. The lowest BCUT2D eigenvalue weighted by Gasteiger charge is -2.36. The third-order valence-electron chi connectivity index (χ3n) is 6.76. The van der Waals surface area contributed by atoms with Crippen LogP contribution in [0.25, 0.3) is 6.08 Å². The molecule has 39 heavy (non-hydrogen) atoms. The number of hydrogen-bond acceptors (Lipinski definition) is 8. The average Bonchev–Trinajstić information content (AvgIpc) is 3.48. The van der Waals surface area contributed by atoms with E-state index in [1.165, 1.54) is 34.6 Å². The van der Waals surface area contributed by atoms with Gasteiger partial charge >= 0.3 is 0 Å². The molecule has 1 fully saturated rings. The first kappa shape index (κ1) is 28.2. The average molecular weight is 554 g/mol. The van der Waals surface area contributed by atoms with Crippen molar-refractivity contribution in [1.29, 1.82) is 0 Å². The maximum Gasteiger partial charge on any atom is 0.269 e. The Bertz CT molecular complexity index is 1380. The van der Waals surface area contributed by atoms with Crippen molar-refractivity contribution in [2.75, 3.05) is 33.3 Å². The van der Waals surface area contributed by atoms with E-state index in [-0.39, 0.29) is 22.4 Å². The SMILES string of the molecule is CN(C1CCN(CCCOc2ccc(C(=O)/C=C/c3ccco3)cc2)CC1)S(=O)(=O)c1ccc([N+](=O)[O-])cc1. The number of piperidine rings is 1. The van der Waals surface area contributed by atoms with Gasteiger partial charge in [-0.3, -0.25) is 14.9 Å². The zero-order valence-corrected chi connectivity index (χ0v) is 22.5. The first-order valence-corrected chi connectivity index (χ1v) is 14.1. The van der Waals surface area contributed by atoms with Crippen LogP contribution in [0, 0.1) is 10.1 Å². The molecule has 0 amide bonds. The molecule has 0 saturated carbocycles. The Morgan fingerprint density at radius 1 is 1.13 bits per heavy atom. The number of sulfonamides is 1. The third kappa shape index (κ3) is 7.41. The molecule has 4 rings (SSSR count). The van der Waals surface area contributed by atoms with E-state index in [0.29, 0.717) is 36.5 Å². The smallest absolute Gasteiger partial charge is 0.269 e. The van der Waals surface area contributed by atoms with Crippen molar-refractivity contribution in [3.05, 3.63) is 94.4 Å². The van der Waals surface area contributed by atoms with E-state index in [1.807, 2.05) is 0 Å². The summed E-state index contributed by atoms with van der Waals surface area (Å²) >= 11 is 0. The van der Waals surface area contributed by atoms with E-state index in [9.17, 15) is 23.3 Å². The second-order valence-corrected chi connectivity index (χ2v) is 11.3. The van der Waals surface area contributed by atoms with Crippen molar-refractivity contribution in [3.63, 3.8) is 0 Å². The van der Waals surface area contributed by atoms with Gasteiger partial charge in [0.15, 0.2) is 5.78 Å². The molecule has 2 heterocycles. The molecular weight excluding hydrogens is 522 g/mol. The van der Waals surface area contributed by atoms with Gasteiger partial charge in [-0.15, -0.1) is 0 Å². The van der Waals surface area contributed by atoms with Crippen LogP contribution in [0.3, 0.4) is 0 Å². The summed E-state index contributed by atoms with van der Waals surface area (Å²) in [6, 6.07) is 15.4. The minimum absolute atomic E-state index is 0.0536. The topological polar surface area (TPSA) is 123 Å². The molecule has 1 saturated heterocycles. The molecule has 206 valence electrons. The third-order valence-corrected chi connectivity index (χ3v) is 8.69. The zero-order valence-electron chi connectivity index (χ0n) is 21.6. The van der Waals surface area contributed by atoms with E-state index in [0.717, 1.165) is 26.1 Å².